The molecule has 2 aromatic rings. The Bertz CT molecular complexity index is 806. The zero-order chi connectivity index (χ0) is 15.8. The molecule has 2 aliphatic rings. The maximum atomic E-state index is 11.7. The minimum Gasteiger partial charge on any atom is -0.353 e. The van der Waals surface area contributed by atoms with Gasteiger partial charge < -0.3 is 15.1 Å². The zero-order valence-corrected chi connectivity index (χ0v) is 13.3. The van der Waals surface area contributed by atoms with Gasteiger partial charge in [0, 0.05) is 36.1 Å². The van der Waals surface area contributed by atoms with Gasteiger partial charge in [-0.1, -0.05) is 11.6 Å². The number of pyridine rings is 1. The van der Waals surface area contributed by atoms with Crippen LogP contribution in [0.5, 0.6) is 0 Å². The molecule has 1 fully saturated rings. The van der Waals surface area contributed by atoms with Crippen LogP contribution in [0.2, 0.25) is 5.02 Å². The van der Waals surface area contributed by atoms with E-state index in [2.05, 4.69) is 15.2 Å². The van der Waals surface area contributed by atoms with Crippen LogP contribution in [0.25, 0.3) is 10.9 Å². The van der Waals surface area contributed by atoms with Crippen LogP contribution >= 0.6 is 11.6 Å². The van der Waals surface area contributed by atoms with Gasteiger partial charge in [0.05, 0.1) is 30.6 Å². The molecule has 7 heteroatoms. The lowest BCUT2D eigenvalue weighted by molar-refractivity contribution is -0.120. The van der Waals surface area contributed by atoms with E-state index in [-0.39, 0.29) is 5.91 Å². The third-order valence-corrected chi connectivity index (χ3v) is 4.33. The van der Waals surface area contributed by atoms with Gasteiger partial charge >= 0.3 is 0 Å². The number of amides is 1. The van der Waals surface area contributed by atoms with Crippen molar-refractivity contribution in [1.29, 1.82) is 0 Å². The number of aromatic nitrogens is 1. The first kappa shape index (κ1) is 14.3. The van der Waals surface area contributed by atoms with Crippen molar-refractivity contribution >= 4 is 46.3 Å². The lowest BCUT2D eigenvalue weighted by atomic mass is 10.1. The molecule has 2 aliphatic heterocycles. The molecule has 23 heavy (non-hydrogen) atoms. The molecule has 1 saturated heterocycles. The number of halogens is 1. The van der Waals surface area contributed by atoms with Gasteiger partial charge in [-0.3, -0.25) is 9.79 Å². The summed E-state index contributed by atoms with van der Waals surface area (Å²) in [6.45, 7) is 3.35. The monoisotopic (exact) mass is 329 g/mol. The molecule has 1 amide bonds. The first-order chi connectivity index (χ1) is 11.2. The molecule has 0 radical (unpaired) electrons. The van der Waals surface area contributed by atoms with Crippen LogP contribution < -0.4 is 15.1 Å². The first-order valence-electron chi connectivity index (χ1n) is 7.59. The lowest BCUT2D eigenvalue weighted by Crippen LogP contribution is -2.48. The van der Waals surface area contributed by atoms with Crippen molar-refractivity contribution in [3.8, 4) is 0 Å². The molecule has 0 spiro atoms. The van der Waals surface area contributed by atoms with E-state index in [0.29, 0.717) is 18.1 Å². The molecule has 6 nitrogen and oxygen atoms in total. The number of aliphatic imine (C=N–C) groups is 1. The Morgan fingerprint density at radius 2 is 2.13 bits per heavy atom. The van der Waals surface area contributed by atoms with E-state index in [9.17, 15) is 4.79 Å². The van der Waals surface area contributed by atoms with Crippen molar-refractivity contribution < 1.29 is 4.79 Å². The highest BCUT2D eigenvalue weighted by atomic mass is 35.5. The van der Waals surface area contributed by atoms with E-state index >= 15 is 0 Å². The van der Waals surface area contributed by atoms with E-state index in [4.69, 9.17) is 16.6 Å². The number of nitrogens with zero attached hydrogens (tertiary/aromatic N) is 4. The summed E-state index contributed by atoms with van der Waals surface area (Å²) in [5.74, 6) is 0.818. The summed E-state index contributed by atoms with van der Waals surface area (Å²) in [5, 5.41) is 4.52. The summed E-state index contributed by atoms with van der Waals surface area (Å²) < 4.78 is 0. The number of hydrogen-bond acceptors (Lipinski definition) is 5. The highest BCUT2D eigenvalue weighted by Crippen LogP contribution is 2.32. The van der Waals surface area contributed by atoms with Crippen molar-refractivity contribution in [2.75, 3.05) is 42.5 Å². The van der Waals surface area contributed by atoms with Gasteiger partial charge in [0.25, 0.3) is 0 Å². The second-order valence-corrected chi connectivity index (χ2v) is 6.08. The molecule has 0 bridgehead atoms. The Kier molecular flexibility index (Phi) is 3.53. The van der Waals surface area contributed by atoms with Crippen LogP contribution in [-0.4, -0.2) is 50.0 Å². The molecule has 118 valence electrons. The zero-order valence-electron chi connectivity index (χ0n) is 12.5. The van der Waals surface area contributed by atoms with Crippen LogP contribution in [0.4, 0.5) is 11.5 Å². The Morgan fingerprint density at radius 1 is 1.22 bits per heavy atom. The molecule has 0 aliphatic carbocycles. The lowest BCUT2D eigenvalue weighted by Gasteiger charge is -2.29. The highest BCUT2D eigenvalue weighted by Gasteiger charge is 2.21. The Labute approximate surface area is 138 Å². The van der Waals surface area contributed by atoms with Gasteiger partial charge in [0.15, 0.2) is 0 Å². The van der Waals surface area contributed by atoms with Crippen LogP contribution in [0.1, 0.15) is 0 Å². The SMILES string of the molecule is O=C1CN(c2cc(N3C=NCC3)c3ccc(Cl)cc3n2)CCN1. The van der Waals surface area contributed by atoms with Crippen molar-refractivity contribution in [1.82, 2.24) is 10.3 Å². The molecule has 1 N–H and O–H groups in total. The largest absolute Gasteiger partial charge is 0.353 e. The third kappa shape index (κ3) is 2.70. The fraction of sp³-hybridized carbons (Fsp3) is 0.312. The maximum absolute atomic E-state index is 11.7. The Hall–Kier alpha value is -2.34. The highest BCUT2D eigenvalue weighted by molar-refractivity contribution is 6.31. The molecule has 0 unspecified atom stereocenters. The minimum atomic E-state index is 0.0218. The first-order valence-corrected chi connectivity index (χ1v) is 7.97. The topological polar surface area (TPSA) is 60.8 Å². The van der Waals surface area contributed by atoms with Gasteiger partial charge in [-0.15, -0.1) is 0 Å². The standard InChI is InChI=1S/C16H16ClN5O/c17-11-1-2-12-13(7-11)20-15(21-6-4-19-16(23)9-21)8-14(12)22-5-3-18-10-22/h1-2,7-8,10H,3-6,9H2,(H,19,23). The Morgan fingerprint density at radius 3 is 2.91 bits per heavy atom. The van der Waals surface area contributed by atoms with Gasteiger partial charge in [0.2, 0.25) is 5.91 Å². The van der Waals surface area contributed by atoms with Gasteiger partial charge in [-0.2, -0.15) is 0 Å². The van der Waals surface area contributed by atoms with E-state index in [0.717, 1.165) is 42.0 Å². The average Bonchev–Trinajstić information content (AvgIpc) is 3.07. The second kappa shape index (κ2) is 5.70. The van der Waals surface area contributed by atoms with E-state index in [1.807, 2.05) is 35.5 Å². The second-order valence-electron chi connectivity index (χ2n) is 5.65. The number of nitrogens with one attached hydrogen (secondary N) is 1. The third-order valence-electron chi connectivity index (χ3n) is 4.10. The van der Waals surface area contributed by atoms with Crippen LogP contribution in [0.3, 0.4) is 0 Å². The summed E-state index contributed by atoms with van der Waals surface area (Å²) >= 11 is 6.13. The van der Waals surface area contributed by atoms with E-state index in [1.165, 1.54) is 0 Å². The maximum Gasteiger partial charge on any atom is 0.239 e. The van der Waals surface area contributed by atoms with Crippen LogP contribution in [-0.2, 0) is 4.79 Å². The molecule has 0 saturated carbocycles. The number of benzene rings is 1. The summed E-state index contributed by atoms with van der Waals surface area (Å²) in [6.07, 6.45) is 1.86. The molecular weight excluding hydrogens is 314 g/mol. The summed E-state index contributed by atoms with van der Waals surface area (Å²) in [4.78, 5) is 24.8. The van der Waals surface area contributed by atoms with Gasteiger partial charge in [-0.25, -0.2) is 4.98 Å². The van der Waals surface area contributed by atoms with Crippen molar-refractivity contribution in [2.45, 2.75) is 0 Å². The smallest absolute Gasteiger partial charge is 0.239 e. The molecular formula is C16H16ClN5O. The fourth-order valence-corrected chi connectivity index (χ4v) is 3.13. The van der Waals surface area contributed by atoms with E-state index in [1.54, 1.807) is 0 Å². The van der Waals surface area contributed by atoms with Crippen molar-refractivity contribution in [3.63, 3.8) is 0 Å². The van der Waals surface area contributed by atoms with Gasteiger partial charge in [-0.05, 0) is 18.2 Å². The number of hydrogen-bond donors (Lipinski definition) is 1. The van der Waals surface area contributed by atoms with Crippen LogP contribution in [0.15, 0.2) is 29.3 Å². The number of rotatable bonds is 2. The fourth-order valence-electron chi connectivity index (χ4n) is 2.97. The van der Waals surface area contributed by atoms with Gasteiger partial charge in [0.1, 0.15) is 5.82 Å². The predicted molar refractivity (Wildman–Crippen MR) is 92.7 cm³/mol. The number of anilines is 2. The summed E-state index contributed by atoms with van der Waals surface area (Å²) in [5.41, 5.74) is 1.88. The predicted octanol–water partition coefficient (Wildman–Crippen LogP) is 1.67. The molecule has 1 aromatic carbocycles. The Balaban J connectivity index is 1.84. The molecule has 0 atom stereocenters. The molecule has 3 heterocycles. The number of carbonyl (C=O) groups is 1. The minimum absolute atomic E-state index is 0.0218. The number of piperazine rings is 1. The summed E-state index contributed by atoms with van der Waals surface area (Å²) in [6, 6.07) is 7.75. The van der Waals surface area contributed by atoms with Crippen LogP contribution in [0, 0.1) is 0 Å². The average molecular weight is 330 g/mol. The van der Waals surface area contributed by atoms with Crippen molar-refractivity contribution in [3.05, 3.63) is 29.3 Å². The number of fused-ring (bicyclic) bond motifs is 1. The summed E-state index contributed by atoms with van der Waals surface area (Å²) in [7, 11) is 0. The normalized spacial score (nSPS) is 17.9. The quantitative estimate of drug-likeness (QED) is 0.910. The molecule has 1 aromatic heterocycles. The number of carbonyl (C=O) groups excluding carboxylic acids is 1. The molecule has 4 rings (SSSR count). The van der Waals surface area contributed by atoms with E-state index < -0.39 is 0 Å². The van der Waals surface area contributed by atoms with Crippen molar-refractivity contribution in [2.24, 2.45) is 4.99 Å².